The SMILES string of the molecule is C[C@@H]1C(=O)N(Cc2ccccc2)C[C@H]1C=O. The van der Waals surface area contributed by atoms with Crippen LogP contribution in [0.25, 0.3) is 0 Å². The van der Waals surface area contributed by atoms with Gasteiger partial charge in [-0.15, -0.1) is 0 Å². The molecule has 3 heteroatoms. The molecule has 1 heterocycles. The number of carbonyl (C=O) groups is 2. The third-order valence-corrected chi connectivity index (χ3v) is 3.17. The minimum atomic E-state index is -0.166. The second-order valence-electron chi connectivity index (χ2n) is 4.29. The summed E-state index contributed by atoms with van der Waals surface area (Å²) in [5.74, 6) is -0.224. The van der Waals surface area contributed by atoms with Crippen LogP contribution in [0.3, 0.4) is 0 Å². The number of nitrogens with zero attached hydrogens (tertiary/aromatic N) is 1. The van der Waals surface area contributed by atoms with Crippen LogP contribution in [-0.2, 0) is 16.1 Å². The lowest BCUT2D eigenvalue weighted by Crippen LogP contribution is -2.26. The van der Waals surface area contributed by atoms with Crippen molar-refractivity contribution < 1.29 is 9.59 Å². The predicted octanol–water partition coefficient (Wildman–Crippen LogP) is 1.48. The average Bonchev–Trinajstić information content (AvgIpc) is 2.58. The highest BCUT2D eigenvalue weighted by Crippen LogP contribution is 2.24. The topological polar surface area (TPSA) is 37.4 Å². The second kappa shape index (κ2) is 4.47. The Kier molecular flexibility index (Phi) is 3.04. The van der Waals surface area contributed by atoms with E-state index in [1.165, 1.54) is 0 Å². The van der Waals surface area contributed by atoms with Gasteiger partial charge in [0.15, 0.2) is 0 Å². The van der Waals surface area contributed by atoms with Gasteiger partial charge in [0.2, 0.25) is 5.91 Å². The van der Waals surface area contributed by atoms with Gasteiger partial charge in [0.05, 0.1) is 0 Å². The van der Waals surface area contributed by atoms with Crippen molar-refractivity contribution in [2.45, 2.75) is 13.5 Å². The molecule has 1 aliphatic rings. The Hall–Kier alpha value is -1.64. The molecular formula is C13H15NO2. The molecule has 0 saturated carbocycles. The summed E-state index contributed by atoms with van der Waals surface area (Å²) in [7, 11) is 0. The van der Waals surface area contributed by atoms with Crippen LogP contribution < -0.4 is 0 Å². The molecule has 1 saturated heterocycles. The summed E-state index contributed by atoms with van der Waals surface area (Å²) in [6.45, 7) is 2.99. The summed E-state index contributed by atoms with van der Waals surface area (Å²) < 4.78 is 0. The number of carbonyl (C=O) groups excluding carboxylic acids is 2. The molecule has 16 heavy (non-hydrogen) atoms. The van der Waals surface area contributed by atoms with Crippen molar-refractivity contribution in [1.29, 1.82) is 0 Å². The van der Waals surface area contributed by atoms with Crippen molar-refractivity contribution in [2.75, 3.05) is 6.54 Å². The summed E-state index contributed by atoms with van der Waals surface area (Å²) in [5.41, 5.74) is 1.11. The first kappa shape index (κ1) is 10.9. The van der Waals surface area contributed by atoms with Gasteiger partial charge in [-0.2, -0.15) is 0 Å². The van der Waals surface area contributed by atoms with E-state index in [2.05, 4.69) is 0 Å². The van der Waals surface area contributed by atoms with Gasteiger partial charge in [0.25, 0.3) is 0 Å². The molecule has 0 bridgehead atoms. The van der Waals surface area contributed by atoms with Crippen LogP contribution in [0, 0.1) is 11.8 Å². The van der Waals surface area contributed by atoms with E-state index >= 15 is 0 Å². The van der Waals surface area contributed by atoms with Gasteiger partial charge in [-0.25, -0.2) is 0 Å². The van der Waals surface area contributed by atoms with E-state index in [1.807, 2.05) is 37.3 Å². The Balaban J connectivity index is 2.07. The quantitative estimate of drug-likeness (QED) is 0.719. The van der Waals surface area contributed by atoms with Crippen molar-refractivity contribution in [3.63, 3.8) is 0 Å². The van der Waals surface area contributed by atoms with Gasteiger partial charge < -0.3 is 9.69 Å². The number of hydrogen-bond donors (Lipinski definition) is 0. The van der Waals surface area contributed by atoms with E-state index in [4.69, 9.17) is 0 Å². The molecule has 84 valence electrons. The second-order valence-corrected chi connectivity index (χ2v) is 4.29. The normalized spacial score (nSPS) is 24.8. The molecule has 1 fully saturated rings. The molecule has 0 spiro atoms. The molecule has 2 atom stereocenters. The summed E-state index contributed by atoms with van der Waals surface area (Å²) in [6, 6.07) is 9.84. The largest absolute Gasteiger partial charge is 0.337 e. The first-order valence-corrected chi connectivity index (χ1v) is 5.50. The highest BCUT2D eigenvalue weighted by Gasteiger charge is 2.36. The van der Waals surface area contributed by atoms with Crippen LogP contribution in [0.1, 0.15) is 12.5 Å². The zero-order valence-electron chi connectivity index (χ0n) is 9.30. The predicted molar refractivity (Wildman–Crippen MR) is 60.6 cm³/mol. The van der Waals surface area contributed by atoms with Crippen LogP contribution in [-0.4, -0.2) is 23.6 Å². The number of hydrogen-bond acceptors (Lipinski definition) is 2. The standard InChI is InChI=1S/C13H15NO2/c1-10-12(9-15)8-14(13(10)16)7-11-5-3-2-4-6-11/h2-6,9-10,12H,7-8H2,1H3/t10-,12-/m0/s1. The summed E-state index contributed by atoms with van der Waals surface area (Å²) >= 11 is 0. The van der Waals surface area contributed by atoms with Gasteiger partial charge in [0, 0.05) is 24.9 Å². The maximum absolute atomic E-state index is 11.8. The number of benzene rings is 1. The summed E-state index contributed by atoms with van der Waals surface area (Å²) in [6.07, 6.45) is 0.896. The summed E-state index contributed by atoms with van der Waals surface area (Å²) in [5, 5.41) is 0. The Morgan fingerprint density at radius 3 is 2.62 bits per heavy atom. The molecule has 3 nitrogen and oxygen atoms in total. The van der Waals surface area contributed by atoms with Crippen molar-refractivity contribution in [1.82, 2.24) is 4.90 Å². The molecule has 1 aromatic carbocycles. The highest BCUT2D eigenvalue weighted by molar-refractivity contribution is 5.85. The van der Waals surface area contributed by atoms with E-state index < -0.39 is 0 Å². The highest BCUT2D eigenvalue weighted by atomic mass is 16.2. The molecule has 1 aliphatic heterocycles. The minimum absolute atomic E-state index is 0.0842. The number of likely N-dealkylation sites (tertiary alicyclic amines) is 1. The zero-order valence-corrected chi connectivity index (χ0v) is 9.30. The first-order chi connectivity index (χ1) is 7.72. The van der Waals surface area contributed by atoms with Gasteiger partial charge in [-0.3, -0.25) is 4.79 Å². The molecular weight excluding hydrogens is 202 g/mol. The van der Waals surface area contributed by atoms with Gasteiger partial charge in [0.1, 0.15) is 6.29 Å². The third-order valence-electron chi connectivity index (χ3n) is 3.17. The molecule has 1 aromatic rings. The van der Waals surface area contributed by atoms with Crippen molar-refractivity contribution in [3.05, 3.63) is 35.9 Å². The van der Waals surface area contributed by atoms with E-state index in [0.29, 0.717) is 13.1 Å². The van der Waals surface area contributed by atoms with Gasteiger partial charge in [-0.05, 0) is 5.56 Å². The maximum atomic E-state index is 11.8. The molecule has 2 rings (SSSR count). The molecule has 0 N–H and O–H groups in total. The van der Waals surface area contributed by atoms with Crippen LogP contribution in [0.5, 0.6) is 0 Å². The van der Waals surface area contributed by atoms with E-state index in [1.54, 1.807) is 4.90 Å². The molecule has 0 aliphatic carbocycles. The van der Waals surface area contributed by atoms with Crippen LogP contribution in [0.15, 0.2) is 30.3 Å². The average molecular weight is 217 g/mol. The molecule has 1 amide bonds. The monoisotopic (exact) mass is 217 g/mol. The summed E-state index contributed by atoms with van der Waals surface area (Å²) in [4.78, 5) is 24.4. The van der Waals surface area contributed by atoms with Crippen LogP contribution in [0.2, 0.25) is 0 Å². The van der Waals surface area contributed by atoms with Crippen molar-refractivity contribution in [2.24, 2.45) is 11.8 Å². The zero-order chi connectivity index (χ0) is 11.5. The smallest absolute Gasteiger partial charge is 0.226 e. The number of aldehydes is 1. The first-order valence-electron chi connectivity index (χ1n) is 5.50. The fourth-order valence-electron chi connectivity index (χ4n) is 2.08. The lowest BCUT2D eigenvalue weighted by atomic mass is 10.00. The Morgan fingerprint density at radius 1 is 1.38 bits per heavy atom. The molecule has 0 unspecified atom stereocenters. The Labute approximate surface area is 95.1 Å². The number of rotatable bonds is 3. The Bertz CT molecular complexity index is 388. The number of amides is 1. The van der Waals surface area contributed by atoms with Gasteiger partial charge in [-0.1, -0.05) is 37.3 Å². The van der Waals surface area contributed by atoms with E-state index in [-0.39, 0.29) is 17.7 Å². The fourth-order valence-corrected chi connectivity index (χ4v) is 2.08. The lowest BCUT2D eigenvalue weighted by molar-refractivity contribution is -0.131. The van der Waals surface area contributed by atoms with E-state index in [0.717, 1.165) is 11.8 Å². The van der Waals surface area contributed by atoms with Crippen LogP contribution >= 0.6 is 0 Å². The minimum Gasteiger partial charge on any atom is -0.337 e. The van der Waals surface area contributed by atoms with Crippen LogP contribution in [0.4, 0.5) is 0 Å². The maximum Gasteiger partial charge on any atom is 0.226 e. The lowest BCUT2D eigenvalue weighted by Gasteiger charge is -2.15. The van der Waals surface area contributed by atoms with E-state index in [9.17, 15) is 9.59 Å². The molecule has 0 radical (unpaired) electrons. The third kappa shape index (κ3) is 1.98. The van der Waals surface area contributed by atoms with Gasteiger partial charge >= 0.3 is 0 Å². The fraction of sp³-hybridized carbons (Fsp3) is 0.385. The Morgan fingerprint density at radius 2 is 2.06 bits per heavy atom. The van der Waals surface area contributed by atoms with Crippen molar-refractivity contribution >= 4 is 12.2 Å². The molecule has 0 aromatic heterocycles. The van der Waals surface area contributed by atoms with Crippen molar-refractivity contribution in [3.8, 4) is 0 Å².